The maximum atomic E-state index is 10.5. The van der Waals surface area contributed by atoms with Crippen LogP contribution >= 0.6 is 11.6 Å². The van der Waals surface area contributed by atoms with Crippen LogP contribution in [0.5, 0.6) is 5.75 Å². The molecule has 2 N–H and O–H groups in total. The van der Waals surface area contributed by atoms with Crippen LogP contribution in [0.1, 0.15) is 30.3 Å². The number of imidazole rings is 1. The number of aliphatic hydroxyl groups is 1. The van der Waals surface area contributed by atoms with Gasteiger partial charge in [-0.3, -0.25) is 4.90 Å². The predicted molar refractivity (Wildman–Crippen MR) is 89.3 cm³/mol. The molecular formula is C17H22ClN3O2. The number of phenolic OH excluding ortho intramolecular Hbond substituents is 1. The highest BCUT2D eigenvalue weighted by Gasteiger charge is 2.28. The number of piperidine rings is 1. The lowest BCUT2D eigenvalue weighted by Crippen LogP contribution is -2.35. The number of aryl methyl sites for hydroxylation is 1. The van der Waals surface area contributed by atoms with E-state index in [-0.39, 0.29) is 11.7 Å². The van der Waals surface area contributed by atoms with Gasteiger partial charge in [-0.05, 0) is 55.6 Å². The van der Waals surface area contributed by atoms with Gasteiger partial charge in [0, 0.05) is 31.0 Å². The fourth-order valence-electron chi connectivity index (χ4n) is 3.28. The van der Waals surface area contributed by atoms with Gasteiger partial charge in [-0.2, -0.15) is 0 Å². The highest BCUT2D eigenvalue weighted by molar-refractivity contribution is 6.30. The first-order valence-electron chi connectivity index (χ1n) is 7.89. The SMILES string of the molecule is Cn1ccnc1C(O)C1CCN(Cc2cc(O)cc(Cl)c2)CC1. The summed E-state index contributed by atoms with van der Waals surface area (Å²) in [5.41, 5.74) is 1.01. The van der Waals surface area contributed by atoms with Gasteiger partial charge in [0.05, 0.1) is 0 Å². The fraction of sp³-hybridized carbons (Fsp3) is 0.471. The van der Waals surface area contributed by atoms with Crippen LogP contribution in [0, 0.1) is 5.92 Å². The van der Waals surface area contributed by atoms with Crippen molar-refractivity contribution >= 4 is 11.6 Å². The molecule has 1 fully saturated rings. The highest BCUT2D eigenvalue weighted by Crippen LogP contribution is 2.30. The van der Waals surface area contributed by atoms with Gasteiger partial charge in [0.1, 0.15) is 17.7 Å². The smallest absolute Gasteiger partial charge is 0.137 e. The van der Waals surface area contributed by atoms with Crippen molar-refractivity contribution in [1.29, 1.82) is 0 Å². The van der Waals surface area contributed by atoms with E-state index in [0.29, 0.717) is 5.02 Å². The molecule has 0 spiro atoms. The summed E-state index contributed by atoms with van der Waals surface area (Å²) in [6.45, 7) is 2.60. The van der Waals surface area contributed by atoms with Gasteiger partial charge in [0.15, 0.2) is 0 Å². The van der Waals surface area contributed by atoms with E-state index in [1.54, 1.807) is 18.3 Å². The Morgan fingerprint density at radius 3 is 2.65 bits per heavy atom. The molecule has 1 unspecified atom stereocenters. The van der Waals surface area contributed by atoms with Gasteiger partial charge < -0.3 is 14.8 Å². The Morgan fingerprint density at radius 1 is 1.30 bits per heavy atom. The summed E-state index contributed by atoms with van der Waals surface area (Å²) < 4.78 is 1.88. The molecule has 124 valence electrons. The summed E-state index contributed by atoms with van der Waals surface area (Å²) >= 11 is 5.98. The van der Waals surface area contributed by atoms with Crippen LogP contribution in [0.25, 0.3) is 0 Å². The molecule has 1 aliphatic heterocycles. The summed E-state index contributed by atoms with van der Waals surface area (Å²) in [6.07, 6.45) is 4.94. The third-order valence-electron chi connectivity index (χ3n) is 4.55. The predicted octanol–water partition coefficient (Wildman–Crippen LogP) is 2.72. The molecule has 1 aliphatic rings. The van der Waals surface area contributed by atoms with E-state index in [4.69, 9.17) is 11.6 Å². The lowest BCUT2D eigenvalue weighted by atomic mass is 9.90. The quantitative estimate of drug-likeness (QED) is 0.902. The van der Waals surface area contributed by atoms with E-state index in [1.165, 1.54) is 0 Å². The number of hydrogen-bond acceptors (Lipinski definition) is 4. The maximum Gasteiger partial charge on any atom is 0.137 e. The summed E-state index contributed by atoms with van der Waals surface area (Å²) in [7, 11) is 1.91. The minimum absolute atomic E-state index is 0.201. The second kappa shape index (κ2) is 6.91. The lowest BCUT2D eigenvalue weighted by molar-refractivity contribution is 0.0492. The molecule has 23 heavy (non-hydrogen) atoms. The number of rotatable bonds is 4. The van der Waals surface area contributed by atoms with Crippen LogP contribution in [0.4, 0.5) is 0 Å². The minimum Gasteiger partial charge on any atom is -0.508 e. The molecule has 0 aliphatic carbocycles. The van der Waals surface area contributed by atoms with Gasteiger partial charge in [0.25, 0.3) is 0 Å². The number of aromatic hydroxyl groups is 1. The van der Waals surface area contributed by atoms with Crippen molar-refractivity contribution in [2.45, 2.75) is 25.5 Å². The molecule has 2 heterocycles. The Labute approximate surface area is 141 Å². The number of phenols is 1. The molecular weight excluding hydrogens is 314 g/mol. The molecule has 0 saturated carbocycles. The van der Waals surface area contributed by atoms with E-state index < -0.39 is 6.10 Å². The minimum atomic E-state index is -0.507. The molecule has 2 aromatic rings. The normalized spacial score (nSPS) is 18.2. The van der Waals surface area contributed by atoms with Crippen molar-refractivity contribution in [2.75, 3.05) is 13.1 Å². The number of hydrogen-bond donors (Lipinski definition) is 2. The molecule has 1 atom stereocenters. The molecule has 5 nitrogen and oxygen atoms in total. The van der Waals surface area contributed by atoms with Crippen LogP contribution in [0.2, 0.25) is 5.02 Å². The van der Waals surface area contributed by atoms with Crippen molar-refractivity contribution < 1.29 is 10.2 Å². The Balaban J connectivity index is 1.57. The second-order valence-electron chi connectivity index (χ2n) is 6.27. The number of aliphatic hydroxyl groups excluding tert-OH is 1. The highest BCUT2D eigenvalue weighted by atomic mass is 35.5. The third kappa shape index (κ3) is 3.86. The lowest BCUT2D eigenvalue weighted by Gasteiger charge is -2.34. The van der Waals surface area contributed by atoms with Gasteiger partial charge >= 0.3 is 0 Å². The van der Waals surface area contributed by atoms with Crippen LogP contribution < -0.4 is 0 Å². The van der Waals surface area contributed by atoms with Crippen molar-refractivity contribution in [3.63, 3.8) is 0 Å². The molecule has 1 aromatic carbocycles. The van der Waals surface area contributed by atoms with Crippen LogP contribution in [-0.2, 0) is 13.6 Å². The largest absolute Gasteiger partial charge is 0.508 e. The number of halogens is 1. The summed E-state index contributed by atoms with van der Waals surface area (Å²) in [6, 6.07) is 5.18. The number of nitrogens with zero attached hydrogens (tertiary/aromatic N) is 3. The van der Waals surface area contributed by atoms with E-state index >= 15 is 0 Å². The van der Waals surface area contributed by atoms with Crippen molar-refractivity contribution in [3.8, 4) is 5.75 Å². The van der Waals surface area contributed by atoms with E-state index in [0.717, 1.165) is 43.9 Å². The zero-order valence-electron chi connectivity index (χ0n) is 13.2. The number of benzene rings is 1. The summed E-state index contributed by atoms with van der Waals surface area (Å²) in [5, 5.41) is 20.7. The molecule has 0 bridgehead atoms. The van der Waals surface area contributed by atoms with Crippen molar-refractivity contribution in [2.24, 2.45) is 13.0 Å². The standard InChI is InChI=1S/C17H22ClN3O2/c1-20-7-4-19-17(20)16(23)13-2-5-21(6-3-13)11-12-8-14(18)10-15(22)9-12/h4,7-10,13,16,22-23H,2-3,5-6,11H2,1H3. The first-order chi connectivity index (χ1) is 11.0. The molecule has 1 aromatic heterocycles. The van der Waals surface area contributed by atoms with E-state index in [9.17, 15) is 10.2 Å². The number of aromatic nitrogens is 2. The topological polar surface area (TPSA) is 61.5 Å². The van der Waals surface area contributed by atoms with E-state index in [2.05, 4.69) is 9.88 Å². The Hall–Kier alpha value is -1.56. The van der Waals surface area contributed by atoms with Crippen LogP contribution in [-0.4, -0.2) is 37.8 Å². The molecule has 0 amide bonds. The Kier molecular flexibility index (Phi) is 4.90. The Bertz CT molecular complexity index is 645. The van der Waals surface area contributed by atoms with Gasteiger partial charge in [-0.1, -0.05) is 11.6 Å². The fourth-order valence-corrected chi connectivity index (χ4v) is 3.53. The summed E-state index contributed by atoms with van der Waals surface area (Å²) in [4.78, 5) is 6.58. The Morgan fingerprint density at radius 2 is 2.04 bits per heavy atom. The average molecular weight is 336 g/mol. The molecule has 3 rings (SSSR count). The first kappa shape index (κ1) is 16.3. The molecule has 6 heteroatoms. The second-order valence-corrected chi connectivity index (χ2v) is 6.71. The van der Waals surface area contributed by atoms with Crippen LogP contribution in [0.15, 0.2) is 30.6 Å². The zero-order valence-corrected chi connectivity index (χ0v) is 13.9. The van der Waals surface area contributed by atoms with Crippen molar-refractivity contribution in [3.05, 3.63) is 47.0 Å². The maximum absolute atomic E-state index is 10.5. The third-order valence-corrected chi connectivity index (χ3v) is 4.77. The average Bonchev–Trinajstić information content (AvgIpc) is 2.92. The van der Waals surface area contributed by atoms with Gasteiger partial charge in [-0.25, -0.2) is 4.98 Å². The zero-order chi connectivity index (χ0) is 16.4. The van der Waals surface area contributed by atoms with Gasteiger partial charge in [0.2, 0.25) is 0 Å². The van der Waals surface area contributed by atoms with E-state index in [1.807, 2.05) is 23.9 Å². The first-order valence-corrected chi connectivity index (χ1v) is 8.27. The van der Waals surface area contributed by atoms with Crippen LogP contribution in [0.3, 0.4) is 0 Å². The monoisotopic (exact) mass is 335 g/mol. The van der Waals surface area contributed by atoms with Gasteiger partial charge in [-0.15, -0.1) is 0 Å². The molecule has 1 saturated heterocycles. The number of likely N-dealkylation sites (tertiary alicyclic amines) is 1. The molecule has 0 radical (unpaired) electrons. The van der Waals surface area contributed by atoms with Crippen molar-refractivity contribution in [1.82, 2.24) is 14.5 Å². The summed E-state index contributed by atoms with van der Waals surface area (Å²) in [5.74, 6) is 1.18.